The molecule has 0 saturated carbocycles. The van der Waals surface area contributed by atoms with Gasteiger partial charge in [0, 0.05) is 26.3 Å². The average molecular weight is 460 g/mol. The number of alkyl halides is 2. The molecule has 2 fully saturated rings. The van der Waals surface area contributed by atoms with Gasteiger partial charge in [0.1, 0.15) is 5.69 Å². The number of anilines is 3. The van der Waals surface area contributed by atoms with Crippen LogP contribution in [0.15, 0.2) is 24.3 Å². The van der Waals surface area contributed by atoms with Gasteiger partial charge in [-0.2, -0.15) is 9.97 Å². The monoisotopic (exact) mass is 460 g/mol. The first-order valence-corrected chi connectivity index (χ1v) is 10.9. The minimum atomic E-state index is -2.83. The molecule has 0 bridgehead atoms. The van der Waals surface area contributed by atoms with Crippen LogP contribution >= 0.6 is 0 Å². The van der Waals surface area contributed by atoms with Crippen LogP contribution in [0.1, 0.15) is 25.1 Å². The quantitative estimate of drug-likeness (QED) is 0.435. The van der Waals surface area contributed by atoms with E-state index in [-0.39, 0.29) is 17.5 Å². The van der Waals surface area contributed by atoms with Crippen LogP contribution in [0.25, 0.3) is 16.9 Å². The molecule has 0 spiro atoms. The van der Waals surface area contributed by atoms with Gasteiger partial charge < -0.3 is 20.1 Å². The summed E-state index contributed by atoms with van der Waals surface area (Å²) in [5.74, 6) is 6.85. The number of benzene rings is 1. The summed E-state index contributed by atoms with van der Waals surface area (Å²) >= 11 is 0. The molecule has 10 nitrogen and oxygen atoms in total. The van der Waals surface area contributed by atoms with Crippen molar-refractivity contribution in [1.82, 2.24) is 19.5 Å². The van der Waals surface area contributed by atoms with Crippen molar-refractivity contribution in [2.45, 2.75) is 25.3 Å². The van der Waals surface area contributed by atoms with E-state index in [1.165, 1.54) is 9.58 Å². The summed E-state index contributed by atoms with van der Waals surface area (Å²) < 4.78 is 40.3. The molecule has 176 valence electrons. The summed E-state index contributed by atoms with van der Waals surface area (Å²) in [6.45, 7) is 3.32. The fraction of sp³-hybridized carbons (Fsp3) is 0.476. The van der Waals surface area contributed by atoms with Crippen molar-refractivity contribution < 1.29 is 18.3 Å². The number of morpholine rings is 1. The minimum Gasteiger partial charge on any atom is -0.393 e. The second kappa shape index (κ2) is 9.04. The molecule has 1 aromatic carbocycles. The number of rotatable bonds is 5. The van der Waals surface area contributed by atoms with Gasteiger partial charge >= 0.3 is 0 Å². The van der Waals surface area contributed by atoms with Crippen LogP contribution in [0.4, 0.5) is 26.2 Å². The third-order valence-electron chi connectivity index (χ3n) is 6.01. The van der Waals surface area contributed by atoms with Gasteiger partial charge in [-0.25, -0.2) is 19.6 Å². The highest BCUT2D eigenvalue weighted by Crippen LogP contribution is 2.35. The number of imidazole rings is 1. The van der Waals surface area contributed by atoms with Crippen molar-refractivity contribution in [3.63, 3.8) is 0 Å². The van der Waals surface area contributed by atoms with E-state index in [1.807, 2.05) is 4.90 Å². The molecule has 0 amide bonds. The van der Waals surface area contributed by atoms with Gasteiger partial charge in [-0.05, 0) is 25.0 Å². The number of hydrazine groups is 1. The Balaban J connectivity index is 1.70. The van der Waals surface area contributed by atoms with Crippen molar-refractivity contribution >= 4 is 28.5 Å². The highest BCUT2D eigenvalue weighted by atomic mass is 19.3. The molecule has 2 aromatic heterocycles. The molecule has 3 aromatic rings. The van der Waals surface area contributed by atoms with Crippen molar-refractivity contribution in [1.29, 1.82) is 0 Å². The van der Waals surface area contributed by atoms with E-state index in [0.717, 1.165) is 0 Å². The summed E-state index contributed by atoms with van der Waals surface area (Å²) in [5.41, 5.74) is 7.55. The lowest BCUT2D eigenvalue weighted by Gasteiger charge is -2.33. The fourth-order valence-electron chi connectivity index (χ4n) is 4.26. The lowest BCUT2D eigenvalue weighted by atomic mass is 10.1. The Bertz CT molecular complexity index is 1130. The maximum Gasteiger partial charge on any atom is 0.296 e. The highest BCUT2D eigenvalue weighted by molar-refractivity contribution is 5.82. The van der Waals surface area contributed by atoms with Gasteiger partial charge in [0.15, 0.2) is 17.5 Å². The van der Waals surface area contributed by atoms with Gasteiger partial charge in [0.2, 0.25) is 5.95 Å². The van der Waals surface area contributed by atoms with Gasteiger partial charge in [-0.1, -0.05) is 12.1 Å². The predicted molar refractivity (Wildman–Crippen MR) is 120 cm³/mol. The summed E-state index contributed by atoms with van der Waals surface area (Å²) in [5, 5.41) is 1.52. The van der Waals surface area contributed by atoms with E-state index < -0.39 is 12.2 Å². The van der Waals surface area contributed by atoms with Crippen LogP contribution in [0, 0.1) is 0 Å². The zero-order chi connectivity index (χ0) is 22.9. The Hall–Kier alpha value is -3.09. The number of nitrogen functional groups attached to an aromatic ring is 1. The summed E-state index contributed by atoms with van der Waals surface area (Å²) in [6.07, 6.45) is -1.41. The van der Waals surface area contributed by atoms with Crippen molar-refractivity contribution in [2.24, 2.45) is 5.84 Å². The number of hydrogen-bond donors (Lipinski definition) is 2. The van der Waals surface area contributed by atoms with Gasteiger partial charge in [-0.3, -0.25) is 9.58 Å². The van der Waals surface area contributed by atoms with E-state index in [0.29, 0.717) is 75.2 Å². The van der Waals surface area contributed by atoms with Crippen LogP contribution in [-0.2, 0) is 9.47 Å². The normalized spacial score (nSPS) is 17.8. The number of para-hydroxylation sites is 2. The second-order valence-corrected chi connectivity index (χ2v) is 8.03. The molecule has 2 aliphatic rings. The second-order valence-electron chi connectivity index (χ2n) is 8.03. The molecule has 5 rings (SSSR count). The Morgan fingerprint density at radius 3 is 2.42 bits per heavy atom. The van der Waals surface area contributed by atoms with Crippen molar-refractivity contribution in [3.8, 4) is 5.82 Å². The third-order valence-corrected chi connectivity index (χ3v) is 6.01. The Morgan fingerprint density at radius 1 is 1.00 bits per heavy atom. The maximum atomic E-state index is 14.0. The van der Waals surface area contributed by atoms with E-state index in [1.54, 1.807) is 24.3 Å². The van der Waals surface area contributed by atoms with Gasteiger partial charge in [-0.15, -0.1) is 0 Å². The van der Waals surface area contributed by atoms with Gasteiger partial charge in [0.25, 0.3) is 6.43 Å². The lowest BCUT2D eigenvalue weighted by molar-refractivity contribution is 0.0843. The third kappa shape index (κ3) is 4.05. The molecule has 0 atom stereocenters. The number of nitrogens with two attached hydrogens (primary N) is 2. The number of fused-ring (bicyclic) bond motifs is 1. The Kier molecular flexibility index (Phi) is 5.96. The molecule has 2 saturated heterocycles. The fourth-order valence-corrected chi connectivity index (χ4v) is 4.26. The first-order valence-electron chi connectivity index (χ1n) is 10.9. The average Bonchev–Trinajstić information content (AvgIpc) is 3.25. The van der Waals surface area contributed by atoms with Gasteiger partial charge in [0.05, 0.1) is 30.3 Å². The van der Waals surface area contributed by atoms with E-state index in [4.69, 9.17) is 21.1 Å². The molecule has 12 heteroatoms. The molecule has 33 heavy (non-hydrogen) atoms. The maximum absolute atomic E-state index is 14.0. The Morgan fingerprint density at radius 2 is 1.70 bits per heavy atom. The zero-order valence-electron chi connectivity index (χ0n) is 18.0. The van der Waals surface area contributed by atoms with Crippen LogP contribution in [-0.4, -0.2) is 65.1 Å². The number of ether oxygens (including phenoxy) is 2. The minimum absolute atomic E-state index is 0.0459. The van der Waals surface area contributed by atoms with Crippen molar-refractivity contribution in [3.05, 3.63) is 30.1 Å². The summed E-state index contributed by atoms with van der Waals surface area (Å²) in [6, 6.07) is 6.85. The first-order chi connectivity index (χ1) is 16.0. The standard InChI is InChI=1S/C21H26F2N8O2/c22-17(23)20-26-14-3-1-2-4-15(14)30(20)18-16(24)19(31(25)13-5-9-32-10-6-13)28-21(27-18)29-7-11-33-12-8-29/h1-4,13,17H,5-12,24-25H2. The molecule has 0 radical (unpaired) electrons. The van der Waals surface area contributed by atoms with Crippen LogP contribution < -0.4 is 21.5 Å². The number of nitrogens with zero attached hydrogens (tertiary/aromatic N) is 6. The van der Waals surface area contributed by atoms with Crippen molar-refractivity contribution in [2.75, 3.05) is 55.2 Å². The molecule has 2 aliphatic heterocycles. The number of aromatic nitrogens is 4. The number of halogens is 2. The molecule has 0 aliphatic carbocycles. The number of hydrogen-bond acceptors (Lipinski definition) is 9. The summed E-state index contributed by atoms with van der Waals surface area (Å²) in [4.78, 5) is 15.4. The van der Waals surface area contributed by atoms with E-state index in [9.17, 15) is 8.78 Å². The van der Waals surface area contributed by atoms with Crippen LogP contribution in [0.2, 0.25) is 0 Å². The first kappa shape index (κ1) is 21.7. The SMILES string of the molecule is Nc1c(N(N)C2CCOCC2)nc(N2CCOCC2)nc1-n1c(C(F)F)nc2ccccc21. The Labute approximate surface area is 189 Å². The largest absolute Gasteiger partial charge is 0.393 e. The smallest absolute Gasteiger partial charge is 0.296 e. The molecule has 4 N–H and O–H groups in total. The van der Waals surface area contributed by atoms with E-state index >= 15 is 0 Å². The topological polar surface area (TPSA) is 121 Å². The van der Waals surface area contributed by atoms with E-state index in [2.05, 4.69) is 15.0 Å². The molecular formula is C21H26F2N8O2. The highest BCUT2D eigenvalue weighted by Gasteiger charge is 2.29. The zero-order valence-corrected chi connectivity index (χ0v) is 18.0. The molecule has 4 heterocycles. The van der Waals surface area contributed by atoms with Crippen LogP contribution in [0.3, 0.4) is 0 Å². The predicted octanol–water partition coefficient (Wildman–Crippen LogP) is 2.03. The lowest BCUT2D eigenvalue weighted by Crippen LogP contribution is -2.46. The van der Waals surface area contributed by atoms with Crippen LogP contribution in [0.5, 0.6) is 0 Å². The summed E-state index contributed by atoms with van der Waals surface area (Å²) in [7, 11) is 0. The molecule has 0 unspecified atom stereocenters. The molecular weight excluding hydrogens is 434 g/mol.